The average Bonchev–Trinajstić information content (AvgIpc) is 2.84. The first kappa shape index (κ1) is 17.3. The van der Waals surface area contributed by atoms with Crippen molar-refractivity contribution in [3.8, 4) is 0 Å². The molecular weight excluding hydrogens is 256 g/mol. The Balaban J connectivity index is 2.34. The molecular formula is C16H32O2S. The second kappa shape index (κ2) is 10.1. The van der Waals surface area contributed by atoms with Crippen LogP contribution < -0.4 is 0 Å². The minimum atomic E-state index is -0.283. The van der Waals surface area contributed by atoms with E-state index < -0.39 is 0 Å². The summed E-state index contributed by atoms with van der Waals surface area (Å²) in [5, 5.41) is 0. The molecule has 0 aromatic carbocycles. The molecule has 0 aliphatic carbocycles. The van der Waals surface area contributed by atoms with Crippen molar-refractivity contribution in [1.82, 2.24) is 0 Å². The largest absolute Gasteiger partial charge is 0.347 e. The van der Waals surface area contributed by atoms with E-state index in [2.05, 4.69) is 26.5 Å². The molecule has 1 unspecified atom stereocenters. The predicted octanol–water partition coefficient (Wildman–Crippen LogP) is 4.97. The number of hydrogen-bond acceptors (Lipinski definition) is 3. The summed E-state index contributed by atoms with van der Waals surface area (Å²) in [5.41, 5.74) is 0. The van der Waals surface area contributed by atoms with Gasteiger partial charge >= 0.3 is 0 Å². The monoisotopic (exact) mass is 288 g/mol. The molecule has 0 saturated carbocycles. The van der Waals surface area contributed by atoms with Crippen molar-refractivity contribution in [1.29, 1.82) is 0 Å². The van der Waals surface area contributed by atoms with E-state index in [1.165, 1.54) is 51.4 Å². The van der Waals surface area contributed by atoms with Crippen LogP contribution in [0.4, 0.5) is 0 Å². The molecule has 1 aliphatic heterocycles. The zero-order valence-corrected chi connectivity index (χ0v) is 13.7. The van der Waals surface area contributed by atoms with Crippen LogP contribution in [0, 0.1) is 0 Å². The summed E-state index contributed by atoms with van der Waals surface area (Å²) in [5.74, 6) is 0.487. The molecule has 1 saturated heterocycles. The zero-order valence-electron chi connectivity index (χ0n) is 12.8. The molecule has 1 aliphatic rings. The van der Waals surface area contributed by atoms with Crippen molar-refractivity contribution in [2.45, 2.75) is 89.9 Å². The maximum Gasteiger partial charge on any atom is 0.168 e. The number of hydrogen-bond donors (Lipinski definition) is 1. The van der Waals surface area contributed by atoms with Gasteiger partial charge in [-0.15, -0.1) is 0 Å². The quantitative estimate of drug-likeness (QED) is 0.427. The SMILES string of the molecule is CCCCCCC1(CCCCCC)OCC(CS)O1. The van der Waals surface area contributed by atoms with Gasteiger partial charge in [0.1, 0.15) is 0 Å². The number of unbranched alkanes of at least 4 members (excludes halogenated alkanes) is 6. The molecule has 1 heterocycles. The van der Waals surface area contributed by atoms with Gasteiger partial charge in [0.15, 0.2) is 5.79 Å². The van der Waals surface area contributed by atoms with Gasteiger partial charge in [-0.1, -0.05) is 52.4 Å². The van der Waals surface area contributed by atoms with Crippen LogP contribution in [0.15, 0.2) is 0 Å². The van der Waals surface area contributed by atoms with E-state index in [9.17, 15) is 0 Å². The van der Waals surface area contributed by atoms with Gasteiger partial charge in [0.2, 0.25) is 0 Å². The predicted molar refractivity (Wildman–Crippen MR) is 84.9 cm³/mol. The van der Waals surface area contributed by atoms with Crippen LogP contribution in [0.2, 0.25) is 0 Å². The number of ether oxygens (including phenoxy) is 2. The van der Waals surface area contributed by atoms with Crippen molar-refractivity contribution in [3.63, 3.8) is 0 Å². The molecule has 0 aromatic rings. The van der Waals surface area contributed by atoms with Gasteiger partial charge in [0.25, 0.3) is 0 Å². The number of rotatable bonds is 11. The van der Waals surface area contributed by atoms with Gasteiger partial charge < -0.3 is 9.47 Å². The lowest BCUT2D eigenvalue weighted by atomic mass is 10.00. The first-order chi connectivity index (χ1) is 9.26. The summed E-state index contributed by atoms with van der Waals surface area (Å²) < 4.78 is 12.2. The Bertz CT molecular complexity index is 209. The first-order valence-electron chi connectivity index (χ1n) is 8.19. The van der Waals surface area contributed by atoms with Gasteiger partial charge in [-0.25, -0.2) is 0 Å². The summed E-state index contributed by atoms with van der Waals surface area (Å²) >= 11 is 4.34. The number of thiol groups is 1. The van der Waals surface area contributed by atoms with Crippen LogP contribution in [0.3, 0.4) is 0 Å². The molecule has 1 rings (SSSR count). The van der Waals surface area contributed by atoms with E-state index in [0.29, 0.717) is 0 Å². The Labute approximate surface area is 125 Å². The van der Waals surface area contributed by atoms with Crippen molar-refractivity contribution >= 4 is 12.6 Å². The van der Waals surface area contributed by atoms with Crippen molar-refractivity contribution in [3.05, 3.63) is 0 Å². The molecule has 0 amide bonds. The smallest absolute Gasteiger partial charge is 0.168 e. The lowest BCUT2D eigenvalue weighted by molar-refractivity contribution is -0.177. The lowest BCUT2D eigenvalue weighted by Crippen LogP contribution is -2.31. The van der Waals surface area contributed by atoms with E-state index in [1.807, 2.05) is 0 Å². The topological polar surface area (TPSA) is 18.5 Å². The fraction of sp³-hybridized carbons (Fsp3) is 1.00. The molecule has 0 bridgehead atoms. The van der Waals surface area contributed by atoms with Gasteiger partial charge in [-0.3, -0.25) is 0 Å². The second-order valence-corrected chi connectivity index (χ2v) is 6.13. The highest BCUT2D eigenvalue weighted by molar-refractivity contribution is 7.80. The van der Waals surface area contributed by atoms with E-state index in [-0.39, 0.29) is 11.9 Å². The minimum absolute atomic E-state index is 0.195. The molecule has 19 heavy (non-hydrogen) atoms. The van der Waals surface area contributed by atoms with Crippen LogP contribution in [0.1, 0.15) is 78.1 Å². The highest BCUT2D eigenvalue weighted by Crippen LogP contribution is 2.34. The van der Waals surface area contributed by atoms with Crippen LogP contribution >= 0.6 is 12.6 Å². The summed E-state index contributed by atoms with van der Waals surface area (Å²) in [6.45, 7) is 5.23. The van der Waals surface area contributed by atoms with Crippen molar-refractivity contribution in [2.24, 2.45) is 0 Å². The summed E-state index contributed by atoms with van der Waals surface area (Å²) in [4.78, 5) is 0. The second-order valence-electron chi connectivity index (χ2n) is 5.77. The highest BCUT2D eigenvalue weighted by Gasteiger charge is 2.39. The Hall–Kier alpha value is 0.270. The third kappa shape index (κ3) is 6.50. The highest BCUT2D eigenvalue weighted by atomic mass is 32.1. The molecule has 0 N–H and O–H groups in total. The Morgan fingerprint density at radius 3 is 1.95 bits per heavy atom. The molecule has 0 spiro atoms. The molecule has 0 aromatic heterocycles. The van der Waals surface area contributed by atoms with E-state index in [4.69, 9.17) is 9.47 Å². The van der Waals surface area contributed by atoms with Gasteiger partial charge in [-0.2, -0.15) is 12.6 Å². The first-order valence-corrected chi connectivity index (χ1v) is 8.82. The maximum absolute atomic E-state index is 6.16. The van der Waals surface area contributed by atoms with Crippen molar-refractivity contribution in [2.75, 3.05) is 12.4 Å². The summed E-state index contributed by atoms with van der Waals surface area (Å²) in [6.07, 6.45) is 12.6. The standard InChI is InChI=1S/C16H32O2S/c1-3-5-7-9-11-16(12-10-8-6-4-2)17-13-15(14-19)18-16/h15,19H,3-14H2,1-2H3. The Morgan fingerprint density at radius 2 is 1.53 bits per heavy atom. The molecule has 0 radical (unpaired) electrons. The minimum Gasteiger partial charge on any atom is -0.347 e. The summed E-state index contributed by atoms with van der Waals surface area (Å²) in [6, 6.07) is 0. The third-order valence-electron chi connectivity index (χ3n) is 3.94. The molecule has 114 valence electrons. The fourth-order valence-corrected chi connectivity index (χ4v) is 2.92. The van der Waals surface area contributed by atoms with Gasteiger partial charge in [-0.05, 0) is 12.8 Å². The van der Waals surface area contributed by atoms with Gasteiger partial charge in [0.05, 0.1) is 12.7 Å². The van der Waals surface area contributed by atoms with E-state index in [1.54, 1.807) is 0 Å². The third-order valence-corrected chi connectivity index (χ3v) is 4.35. The molecule has 1 fully saturated rings. The van der Waals surface area contributed by atoms with Crippen molar-refractivity contribution < 1.29 is 9.47 Å². The van der Waals surface area contributed by atoms with Crippen LogP contribution in [-0.4, -0.2) is 24.3 Å². The Morgan fingerprint density at radius 1 is 0.947 bits per heavy atom. The van der Waals surface area contributed by atoms with E-state index >= 15 is 0 Å². The molecule has 2 nitrogen and oxygen atoms in total. The zero-order chi connectivity index (χ0) is 14.0. The van der Waals surface area contributed by atoms with E-state index in [0.717, 1.165) is 25.2 Å². The van der Waals surface area contributed by atoms with Gasteiger partial charge in [0, 0.05) is 18.6 Å². The normalized spacial score (nSPS) is 21.9. The average molecular weight is 288 g/mol. The maximum atomic E-state index is 6.16. The molecule has 3 heteroatoms. The van der Waals surface area contributed by atoms with Crippen LogP contribution in [0.5, 0.6) is 0 Å². The summed E-state index contributed by atoms with van der Waals surface area (Å²) in [7, 11) is 0. The Kier molecular flexibility index (Phi) is 9.17. The van der Waals surface area contributed by atoms with Crippen LogP contribution in [-0.2, 0) is 9.47 Å². The lowest BCUT2D eigenvalue weighted by Gasteiger charge is -2.28. The molecule has 1 atom stereocenters. The fourth-order valence-electron chi connectivity index (χ4n) is 2.74. The van der Waals surface area contributed by atoms with Crippen LogP contribution in [0.25, 0.3) is 0 Å².